The first-order valence-electron chi connectivity index (χ1n) is 6.88. The van der Waals surface area contributed by atoms with Gasteiger partial charge in [-0.05, 0) is 34.5 Å². The maximum Gasteiger partial charge on any atom is 0.269 e. The highest BCUT2D eigenvalue weighted by atomic mass is 16.6. The molecule has 0 amide bonds. The van der Waals surface area contributed by atoms with Gasteiger partial charge in [0.25, 0.3) is 5.69 Å². The highest BCUT2D eigenvalue weighted by Gasteiger charge is 2.12. The minimum absolute atomic E-state index is 0.0846. The monoisotopic (exact) mass is 289 g/mol. The molecule has 4 heteroatoms. The fourth-order valence-electron chi connectivity index (χ4n) is 2.78. The van der Waals surface area contributed by atoms with E-state index in [0.717, 1.165) is 32.9 Å². The van der Waals surface area contributed by atoms with Crippen LogP contribution in [0.4, 0.5) is 5.69 Å². The van der Waals surface area contributed by atoms with Gasteiger partial charge in [0.15, 0.2) is 0 Å². The van der Waals surface area contributed by atoms with Gasteiger partial charge in [0.1, 0.15) is 5.58 Å². The van der Waals surface area contributed by atoms with Crippen LogP contribution in [-0.2, 0) is 0 Å². The molecule has 0 saturated heterocycles. The molecule has 0 aliphatic heterocycles. The SMILES string of the molecule is O=[N+]([O-])c1ccc(-c2coc3ccc4ccccc4c23)cc1. The van der Waals surface area contributed by atoms with Gasteiger partial charge in [0, 0.05) is 23.1 Å². The molecular formula is C18H11NO3. The van der Waals surface area contributed by atoms with Crippen molar-refractivity contribution in [3.05, 3.63) is 77.0 Å². The zero-order valence-electron chi connectivity index (χ0n) is 11.5. The van der Waals surface area contributed by atoms with Crippen LogP contribution in [-0.4, -0.2) is 4.92 Å². The Morgan fingerprint density at radius 3 is 2.45 bits per heavy atom. The number of nitro benzene ring substituents is 1. The van der Waals surface area contributed by atoms with E-state index in [2.05, 4.69) is 12.1 Å². The lowest BCUT2D eigenvalue weighted by molar-refractivity contribution is -0.384. The Labute approximate surface area is 125 Å². The van der Waals surface area contributed by atoms with E-state index in [-0.39, 0.29) is 5.69 Å². The average molecular weight is 289 g/mol. The predicted molar refractivity (Wildman–Crippen MR) is 85.8 cm³/mol. The van der Waals surface area contributed by atoms with Crippen LogP contribution in [0.15, 0.2) is 71.3 Å². The molecule has 0 N–H and O–H groups in total. The molecule has 4 aromatic rings. The van der Waals surface area contributed by atoms with Crippen molar-refractivity contribution >= 4 is 27.4 Å². The standard InChI is InChI=1S/C18H11NO3/c20-19(21)14-8-5-13(6-9-14)16-11-22-17-10-7-12-3-1-2-4-15(12)18(16)17/h1-11H. The highest BCUT2D eigenvalue weighted by Crippen LogP contribution is 2.36. The molecule has 22 heavy (non-hydrogen) atoms. The minimum atomic E-state index is -0.396. The predicted octanol–water partition coefficient (Wildman–Crippen LogP) is 5.16. The van der Waals surface area contributed by atoms with Gasteiger partial charge in [0.05, 0.1) is 11.2 Å². The van der Waals surface area contributed by atoms with E-state index < -0.39 is 4.92 Å². The van der Waals surface area contributed by atoms with E-state index in [1.165, 1.54) is 12.1 Å². The van der Waals surface area contributed by atoms with Crippen LogP contribution in [0.5, 0.6) is 0 Å². The van der Waals surface area contributed by atoms with Gasteiger partial charge in [-0.15, -0.1) is 0 Å². The molecule has 0 saturated carbocycles. The van der Waals surface area contributed by atoms with E-state index in [4.69, 9.17) is 4.42 Å². The number of furan rings is 1. The summed E-state index contributed by atoms with van der Waals surface area (Å²) in [5.74, 6) is 0. The fourth-order valence-corrected chi connectivity index (χ4v) is 2.78. The molecule has 0 spiro atoms. The third kappa shape index (κ3) is 1.85. The molecule has 0 atom stereocenters. The summed E-state index contributed by atoms with van der Waals surface area (Å²) in [5, 5.41) is 14.1. The molecule has 0 fully saturated rings. The molecule has 4 rings (SSSR count). The first kappa shape index (κ1) is 12.6. The van der Waals surface area contributed by atoms with Gasteiger partial charge in [-0.2, -0.15) is 0 Å². The Kier molecular flexibility index (Phi) is 2.69. The van der Waals surface area contributed by atoms with Crippen molar-refractivity contribution in [1.82, 2.24) is 0 Å². The molecule has 3 aromatic carbocycles. The summed E-state index contributed by atoms with van der Waals surface area (Å²) in [6.45, 7) is 0. The number of rotatable bonds is 2. The first-order valence-corrected chi connectivity index (χ1v) is 6.88. The molecular weight excluding hydrogens is 278 g/mol. The molecule has 0 aliphatic carbocycles. The van der Waals surface area contributed by atoms with Crippen LogP contribution in [0.25, 0.3) is 32.9 Å². The zero-order chi connectivity index (χ0) is 15.1. The second kappa shape index (κ2) is 4.70. The summed E-state index contributed by atoms with van der Waals surface area (Å²) in [6.07, 6.45) is 1.71. The lowest BCUT2D eigenvalue weighted by Crippen LogP contribution is -1.87. The van der Waals surface area contributed by atoms with Gasteiger partial charge in [-0.1, -0.05) is 30.3 Å². The summed E-state index contributed by atoms with van der Waals surface area (Å²) < 4.78 is 5.66. The Morgan fingerprint density at radius 2 is 1.68 bits per heavy atom. The van der Waals surface area contributed by atoms with Crippen molar-refractivity contribution < 1.29 is 9.34 Å². The zero-order valence-corrected chi connectivity index (χ0v) is 11.5. The van der Waals surface area contributed by atoms with Crippen molar-refractivity contribution in [3.8, 4) is 11.1 Å². The second-order valence-electron chi connectivity index (χ2n) is 5.11. The Morgan fingerprint density at radius 1 is 0.909 bits per heavy atom. The lowest BCUT2D eigenvalue weighted by Gasteiger charge is -2.02. The largest absolute Gasteiger partial charge is 0.464 e. The summed E-state index contributed by atoms with van der Waals surface area (Å²) in [4.78, 5) is 10.4. The molecule has 1 aromatic heterocycles. The van der Waals surface area contributed by atoms with Crippen LogP contribution in [0, 0.1) is 10.1 Å². The summed E-state index contributed by atoms with van der Waals surface area (Å²) in [5.41, 5.74) is 2.75. The molecule has 0 radical (unpaired) electrons. The molecule has 0 aliphatic rings. The van der Waals surface area contributed by atoms with Crippen LogP contribution in [0.3, 0.4) is 0 Å². The van der Waals surface area contributed by atoms with Gasteiger partial charge in [-0.3, -0.25) is 10.1 Å². The van der Waals surface area contributed by atoms with Gasteiger partial charge in [0.2, 0.25) is 0 Å². The van der Waals surface area contributed by atoms with Gasteiger partial charge >= 0.3 is 0 Å². The van der Waals surface area contributed by atoms with Crippen LogP contribution >= 0.6 is 0 Å². The minimum Gasteiger partial charge on any atom is -0.464 e. The molecule has 1 heterocycles. The number of fused-ring (bicyclic) bond motifs is 3. The number of non-ortho nitro benzene ring substituents is 1. The summed E-state index contributed by atoms with van der Waals surface area (Å²) in [7, 11) is 0. The number of hydrogen-bond donors (Lipinski definition) is 0. The lowest BCUT2D eigenvalue weighted by atomic mass is 9.99. The number of hydrogen-bond acceptors (Lipinski definition) is 3. The van der Waals surface area contributed by atoms with E-state index >= 15 is 0 Å². The summed E-state index contributed by atoms with van der Waals surface area (Å²) >= 11 is 0. The van der Waals surface area contributed by atoms with Gasteiger partial charge in [-0.25, -0.2) is 0 Å². The maximum atomic E-state index is 10.8. The van der Waals surface area contributed by atoms with Crippen molar-refractivity contribution in [3.63, 3.8) is 0 Å². The van der Waals surface area contributed by atoms with Gasteiger partial charge < -0.3 is 4.42 Å². The van der Waals surface area contributed by atoms with E-state index in [1.807, 2.05) is 24.3 Å². The Hall–Kier alpha value is -3.14. The molecule has 106 valence electrons. The van der Waals surface area contributed by atoms with Crippen molar-refractivity contribution in [2.24, 2.45) is 0 Å². The van der Waals surface area contributed by atoms with E-state index in [0.29, 0.717) is 0 Å². The van der Waals surface area contributed by atoms with Crippen molar-refractivity contribution in [2.75, 3.05) is 0 Å². The van der Waals surface area contributed by atoms with E-state index in [1.54, 1.807) is 18.4 Å². The second-order valence-corrected chi connectivity index (χ2v) is 5.11. The fraction of sp³-hybridized carbons (Fsp3) is 0. The molecule has 4 nitrogen and oxygen atoms in total. The third-order valence-corrected chi connectivity index (χ3v) is 3.85. The maximum absolute atomic E-state index is 10.8. The quantitative estimate of drug-likeness (QED) is 0.378. The number of nitro groups is 1. The van der Waals surface area contributed by atoms with Crippen LogP contribution in [0.1, 0.15) is 0 Å². The molecule has 0 bridgehead atoms. The Bertz CT molecular complexity index is 1000. The molecule has 0 unspecified atom stereocenters. The topological polar surface area (TPSA) is 56.3 Å². The van der Waals surface area contributed by atoms with Crippen molar-refractivity contribution in [1.29, 1.82) is 0 Å². The average Bonchev–Trinajstić information content (AvgIpc) is 2.99. The van der Waals surface area contributed by atoms with Crippen LogP contribution < -0.4 is 0 Å². The van der Waals surface area contributed by atoms with Crippen LogP contribution in [0.2, 0.25) is 0 Å². The smallest absolute Gasteiger partial charge is 0.269 e. The summed E-state index contributed by atoms with van der Waals surface area (Å²) in [6, 6.07) is 18.6. The third-order valence-electron chi connectivity index (χ3n) is 3.85. The normalized spacial score (nSPS) is 11.1. The number of nitrogens with zero attached hydrogens (tertiary/aromatic N) is 1. The number of benzene rings is 3. The highest BCUT2D eigenvalue weighted by molar-refractivity contribution is 6.12. The van der Waals surface area contributed by atoms with E-state index in [9.17, 15) is 10.1 Å². The van der Waals surface area contributed by atoms with Crippen molar-refractivity contribution in [2.45, 2.75) is 0 Å². The Balaban J connectivity index is 1.98. The first-order chi connectivity index (χ1) is 10.7.